The Bertz CT molecular complexity index is 896. The van der Waals surface area contributed by atoms with E-state index in [9.17, 15) is 9.18 Å². The Morgan fingerprint density at radius 2 is 2.00 bits per heavy atom. The van der Waals surface area contributed by atoms with Crippen molar-refractivity contribution in [2.45, 2.75) is 6.61 Å². The van der Waals surface area contributed by atoms with E-state index in [4.69, 9.17) is 9.47 Å². The van der Waals surface area contributed by atoms with Gasteiger partial charge in [-0.15, -0.1) is 11.3 Å². The molecule has 0 atom stereocenters. The molecule has 3 aromatic rings. The number of halogens is 2. The third-order valence-electron chi connectivity index (χ3n) is 3.37. The van der Waals surface area contributed by atoms with E-state index in [0.29, 0.717) is 17.0 Å². The smallest absolute Gasteiger partial charge is 0.338 e. The lowest BCUT2D eigenvalue weighted by molar-refractivity contribution is 0.0468. The van der Waals surface area contributed by atoms with Crippen molar-refractivity contribution in [3.63, 3.8) is 0 Å². The maximum Gasteiger partial charge on any atom is 0.338 e. The zero-order chi connectivity index (χ0) is 17.8. The number of rotatable bonds is 5. The lowest BCUT2D eigenvalue weighted by Gasteiger charge is -2.06. The number of hydrogen-bond donors (Lipinski definition) is 0. The molecule has 0 unspecified atom stereocenters. The van der Waals surface area contributed by atoms with Crippen molar-refractivity contribution in [1.82, 2.24) is 4.98 Å². The maximum atomic E-state index is 12.9. The number of carbonyl (C=O) groups is 1. The van der Waals surface area contributed by atoms with Crippen LogP contribution in [0.3, 0.4) is 0 Å². The minimum absolute atomic E-state index is 0.0447. The Labute approximate surface area is 156 Å². The van der Waals surface area contributed by atoms with Gasteiger partial charge < -0.3 is 9.47 Å². The molecule has 0 fully saturated rings. The van der Waals surface area contributed by atoms with E-state index in [1.165, 1.54) is 35.6 Å². The van der Waals surface area contributed by atoms with E-state index in [-0.39, 0.29) is 6.61 Å². The lowest BCUT2D eigenvalue weighted by Crippen LogP contribution is -2.05. The molecular weight excluding hydrogens is 409 g/mol. The van der Waals surface area contributed by atoms with Crippen LogP contribution in [-0.4, -0.2) is 18.1 Å². The molecule has 2 aromatic carbocycles. The van der Waals surface area contributed by atoms with Crippen LogP contribution in [0, 0.1) is 5.82 Å². The summed E-state index contributed by atoms with van der Waals surface area (Å²) in [6, 6.07) is 10.9. The van der Waals surface area contributed by atoms with Gasteiger partial charge in [0.1, 0.15) is 23.2 Å². The fourth-order valence-electron chi connectivity index (χ4n) is 2.15. The molecule has 0 aliphatic carbocycles. The molecule has 0 spiro atoms. The molecule has 0 amide bonds. The van der Waals surface area contributed by atoms with Crippen molar-refractivity contribution in [3.8, 4) is 16.3 Å². The summed E-state index contributed by atoms with van der Waals surface area (Å²) in [4.78, 5) is 16.4. The number of thiazole rings is 1. The second-order valence-corrected chi connectivity index (χ2v) is 6.85. The Morgan fingerprint density at radius 3 is 2.72 bits per heavy atom. The molecule has 0 N–H and O–H groups in total. The number of nitrogens with zero attached hydrogens (tertiary/aromatic N) is 1. The summed E-state index contributed by atoms with van der Waals surface area (Å²) in [5, 5.41) is 2.60. The molecule has 0 saturated heterocycles. The predicted molar refractivity (Wildman–Crippen MR) is 97.3 cm³/mol. The Morgan fingerprint density at radius 1 is 1.24 bits per heavy atom. The van der Waals surface area contributed by atoms with Crippen LogP contribution in [0.1, 0.15) is 16.1 Å². The van der Waals surface area contributed by atoms with Crippen molar-refractivity contribution in [2.75, 3.05) is 7.11 Å². The molecule has 128 valence electrons. The van der Waals surface area contributed by atoms with E-state index < -0.39 is 11.8 Å². The number of hydrogen-bond acceptors (Lipinski definition) is 5. The first-order valence-corrected chi connectivity index (χ1v) is 8.95. The highest BCUT2D eigenvalue weighted by Crippen LogP contribution is 2.34. The average molecular weight is 422 g/mol. The van der Waals surface area contributed by atoms with E-state index in [2.05, 4.69) is 20.9 Å². The van der Waals surface area contributed by atoms with E-state index in [0.717, 1.165) is 15.0 Å². The van der Waals surface area contributed by atoms with Gasteiger partial charge in [-0.1, -0.05) is 15.9 Å². The first-order valence-electron chi connectivity index (χ1n) is 7.28. The van der Waals surface area contributed by atoms with Crippen LogP contribution in [0.15, 0.2) is 52.3 Å². The predicted octanol–water partition coefficient (Wildman–Crippen LogP) is 5.08. The van der Waals surface area contributed by atoms with Gasteiger partial charge in [-0.2, -0.15) is 0 Å². The first-order chi connectivity index (χ1) is 12.1. The molecule has 0 saturated carbocycles. The summed E-state index contributed by atoms with van der Waals surface area (Å²) in [6.07, 6.45) is 0. The molecule has 4 nitrogen and oxygen atoms in total. The molecule has 1 heterocycles. The van der Waals surface area contributed by atoms with Gasteiger partial charge in [-0.3, -0.25) is 0 Å². The number of carbonyl (C=O) groups excluding carboxylic acids is 1. The Balaban J connectivity index is 1.71. The molecule has 25 heavy (non-hydrogen) atoms. The SMILES string of the molecule is COc1ccc(Br)cc1-c1nc(COC(=O)c2ccc(F)cc2)cs1. The summed E-state index contributed by atoms with van der Waals surface area (Å²) >= 11 is 4.87. The Hall–Kier alpha value is -2.25. The van der Waals surface area contributed by atoms with Crippen LogP contribution >= 0.6 is 27.3 Å². The number of aromatic nitrogens is 1. The van der Waals surface area contributed by atoms with Crippen LogP contribution in [0.5, 0.6) is 5.75 Å². The van der Waals surface area contributed by atoms with Gasteiger partial charge in [0.05, 0.1) is 23.9 Å². The topological polar surface area (TPSA) is 48.4 Å². The van der Waals surface area contributed by atoms with Crippen LogP contribution in [0.4, 0.5) is 4.39 Å². The zero-order valence-corrected chi connectivity index (χ0v) is 15.6. The molecule has 0 aliphatic heterocycles. The van der Waals surface area contributed by atoms with Gasteiger partial charge in [0.15, 0.2) is 0 Å². The van der Waals surface area contributed by atoms with Crippen molar-refractivity contribution < 1.29 is 18.7 Å². The zero-order valence-electron chi connectivity index (χ0n) is 13.2. The number of ether oxygens (including phenoxy) is 2. The fourth-order valence-corrected chi connectivity index (χ4v) is 3.34. The van der Waals surface area contributed by atoms with Gasteiger partial charge in [-0.25, -0.2) is 14.2 Å². The van der Waals surface area contributed by atoms with Crippen LogP contribution in [-0.2, 0) is 11.3 Å². The van der Waals surface area contributed by atoms with Crippen molar-refractivity contribution in [2.24, 2.45) is 0 Å². The molecule has 1 aromatic heterocycles. The minimum atomic E-state index is -0.519. The van der Waals surface area contributed by atoms with E-state index in [1.54, 1.807) is 7.11 Å². The number of esters is 1. The standard InChI is InChI=1S/C18H13BrFNO3S/c1-23-16-7-4-12(19)8-15(16)17-21-14(10-25-17)9-24-18(22)11-2-5-13(20)6-3-11/h2-8,10H,9H2,1H3. The van der Waals surface area contributed by atoms with Gasteiger partial charge in [0, 0.05) is 9.85 Å². The normalized spacial score (nSPS) is 10.5. The molecule has 0 bridgehead atoms. The van der Waals surface area contributed by atoms with Crippen molar-refractivity contribution in [3.05, 3.63) is 69.4 Å². The van der Waals surface area contributed by atoms with Crippen LogP contribution in [0.2, 0.25) is 0 Å². The molecule has 3 rings (SSSR count). The fraction of sp³-hybridized carbons (Fsp3) is 0.111. The summed E-state index contributed by atoms with van der Waals surface area (Å²) < 4.78 is 24.4. The third kappa shape index (κ3) is 4.24. The summed E-state index contributed by atoms with van der Waals surface area (Å²) in [5.74, 6) is -0.203. The number of methoxy groups -OCH3 is 1. The monoisotopic (exact) mass is 421 g/mol. The minimum Gasteiger partial charge on any atom is -0.496 e. The summed E-state index contributed by atoms with van der Waals surface area (Å²) in [5.41, 5.74) is 1.79. The van der Waals surface area contributed by atoms with Crippen LogP contribution in [0.25, 0.3) is 10.6 Å². The maximum absolute atomic E-state index is 12.9. The van der Waals surface area contributed by atoms with E-state index >= 15 is 0 Å². The van der Waals surface area contributed by atoms with E-state index in [1.807, 2.05) is 23.6 Å². The molecule has 7 heteroatoms. The summed E-state index contributed by atoms with van der Waals surface area (Å²) in [7, 11) is 1.60. The average Bonchev–Trinajstić information content (AvgIpc) is 3.09. The highest BCUT2D eigenvalue weighted by atomic mass is 79.9. The lowest BCUT2D eigenvalue weighted by atomic mass is 10.2. The second-order valence-electron chi connectivity index (χ2n) is 5.07. The highest BCUT2D eigenvalue weighted by Gasteiger charge is 2.13. The van der Waals surface area contributed by atoms with Crippen molar-refractivity contribution >= 4 is 33.2 Å². The Kier molecular flexibility index (Phi) is 5.45. The number of benzene rings is 2. The molecular formula is C18H13BrFNO3S. The van der Waals surface area contributed by atoms with Crippen LogP contribution < -0.4 is 4.74 Å². The summed E-state index contributed by atoms with van der Waals surface area (Å²) in [6.45, 7) is 0.0447. The van der Waals surface area contributed by atoms with Gasteiger partial charge in [-0.05, 0) is 42.5 Å². The quantitative estimate of drug-likeness (QED) is 0.539. The van der Waals surface area contributed by atoms with Gasteiger partial charge in [0.25, 0.3) is 0 Å². The molecule has 0 aliphatic rings. The largest absolute Gasteiger partial charge is 0.496 e. The van der Waals surface area contributed by atoms with Gasteiger partial charge in [0.2, 0.25) is 0 Å². The highest BCUT2D eigenvalue weighted by molar-refractivity contribution is 9.10. The van der Waals surface area contributed by atoms with Crippen molar-refractivity contribution in [1.29, 1.82) is 0 Å². The van der Waals surface area contributed by atoms with Gasteiger partial charge >= 0.3 is 5.97 Å². The second kappa shape index (κ2) is 7.76. The molecule has 0 radical (unpaired) electrons. The third-order valence-corrected chi connectivity index (χ3v) is 4.79. The first kappa shape index (κ1) is 17.6.